The van der Waals surface area contributed by atoms with Gasteiger partial charge in [-0.05, 0) is 25.0 Å². The number of benzene rings is 1. The van der Waals surface area contributed by atoms with Crippen LogP contribution in [0.3, 0.4) is 0 Å². The summed E-state index contributed by atoms with van der Waals surface area (Å²) in [7, 11) is 0. The molecule has 1 aromatic rings. The van der Waals surface area contributed by atoms with E-state index in [2.05, 4.69) is 29.6 Å². The van der Waals surface area contributed by atoms with Gasteiger partial charge in [0.25, 0.3) is 0 Å². The number of anilines is 1. The van der Waals surface area contributed by atoms with Gasteiger partial charge in [0.1, 0.15) is 0 Å². The fourth-order valence-electron chi connectivity index (χ4n) is 1.74. The van der Waals surface area contributed by atoms with Gasteiger partial charge in [0, 0.05) is 12.3 Å². The van der Waals surface area contributed by atoms with Crippen LogP contribution in [-0.2, 0) is 11.2 Å². The minimum Gasteiger partial charge on any atom is -0.380 e. The summed E-state index contributed by atoms with van der Waals surface area (Å²) in [5.74, 6) is 0. The van der Waals surface area contributed by atoms with Gasteiger partial charge in [-0.2, -0.15) is 0 Å². The number of hydrogen-bond donors (Lipinski definition) is 1. The van der Waals surface area contributed by atoms with Gasteiger partial charge in [-0.15, -0.1) is 0 Å². The fourth-order valence-corrected chi connectivity index (χ4v) is 1.74. The molecule has 0 spiro atoms. The Bertz CT molecular complexity index is 260. The van der Waals surface area contributed by atoms with Crippen LogP contribution in [0.15, 0.2) is 24.3 Å². The van der Waals surface area contributed by atoms with E-state index in [0.29, 0.717) is 6.04 Å². The molecular weight excluding hydrogens is 162 g/mol. The molecule has 1 heterocycles. The Kier molecular flexibility index (Phi) is 2.50. The number of rotatable bonds is 3. The lowest BCUT2D eigenvalue weighted by molar-refractivity contribution is 0.139. The van der Waals surface area contributed by atoms with E-state index in [1.54, 1.807) is 0 Å². The average Bonchev–Trinajstić information content (AvgIpc) is 2.57. The topological polar surface area (TPSA) is 21.3 Å². The van der Waals surface area contributed by atoms with E-state index in [4.69, 9.17) is 4.74 Å². The van der Waals surface area contributed by atoms with Gasteiger partial charge in [0.05, 0.1) is 12.6 Å². The molecule has 1 N–H and O–H groups in total. The van der Waals surface area contributed by atoms with Crippen molar-refractivity contribution in [3.63, 3.8) is 0 Å². The van der Waals surface area contributed by atoms with Gasteiger partial charge >= 0.3 is 0 Å². The summed E-state index contributed by atoms with van der Waals surface area (Å²) in [6.07, 6.45) is 1.09. The van der Waals surface area contributed by atoms with E-state index < -0.39 is 0 Å². The molecule has 1 aliphatic rings. The van der Waals surface area contributed by atoms with Crippen molar-refractivity contribution < 1.29 is 4.74 Å². The number of fused-ring (bicyclic) bond motifs is 1. The largest absolute Gasteiger partial charge is 0.380 e. The molecule has 0 saturated carbocycles. The summed E-state index contributed by atoms with van der Waals surface area (Å²) >= 11 is 0. The normalized spacial score (nSPS) is 19.6. The molecule has 1 aliphatic heterocycles. The van der Waals surface area contributed by atoms with E-state index in [9.17, 15) is 0 Å². The maximum Gasteiger partial charge on any atom is 0.0670 e. The zero-order valence-electron chi connectivity index (χ0n) is 7.92. The molecule has 70 valence electrons. The summed E-state index contributed by atoms with van der Waals surface area (Å²) in [6, 6.07) is 8.92. The van der Waals surface area contributed by atoms with Crippen LogP contribution in [0.5, 0.6) is 0 Å². The second-order valence-electron chi connectivity index (χ2n) is 3.36. The van der Waals surface area contributed by atoms with E-state index in [-0.39, 0.29) is 0 Å². The van der Waals surface area contributed by atoms with Crippen molar-refractivity contribution in [1.29, 1.82) is 0 Å². The highest BCUT2D eigenvalue weighted by atomic mass is 16.5. The van der Waals surface area contributed by atoms with Crippen molar-refractivity contribution in [2.24, 2.45) is 0 Å². The summed E-state index contributed by atoms with van der Waals surface area (Å²) in [5.41, 5.74) is 2.68. The standard InChI is InChI=1S/C11H15NO/c1-2-13-8-10-7-9-5-3-4-6-11(9)12-10/h3-6,10,12H,2,7-8H2,1H3/t10-/m0/s1. The van der Waals surface area contributed by atoms with E-state index in [0.717, 1.165) is 19.6 Å². The third kappa shape index (κ3) is 1.83. The highest BCUT2D eigenvalue weighted by molar-refractivity contribution is 5.56. The third-order valence-electron chi connectivity index (χ3n) is 2.37. The predicted octanol–water partition coefficient (Wildman–Crippen LogP) is 2.06. The van der Waals surface area contributed by atoms with Gasteiger partial charge in [-0.3, -0.25) is 0 Å². The lowest BCUT2D eigenvalue weighted by atomic mass is 10.1. The predicted molar refractivity (Wildman–Crippen MR) is 54.0 cm³/mol. The van der Waals surface area contributed by atoms with Crippen LogP contribution < -0.4 is 5.32 Å². The van der Waals surface area contributed by atoms with Crippen molar-refractivity contribution in [2.75, 3.05) is 18.5 Å². The molecule has 2 heteroatoms. The number of nitrogens with one attached hydrogen (secondary N) is 1. The van der Waals surface area contributed by atoms with Crippen molar-refractivity contribution in [1.82, 2.24) is 0 Å². The number of para-hydroxylation sites is 1. The van der Waals surface area contributed by atoms with Gasteiger partial charge < -0.3 is 10.1 Å². The monoisotopic (exact) mass is 177 g/mol. The van der Waals surface area contributed by atoms with Crippen LogP contribution in [0, 0.1) is 0 Å². The van der Waals surface area contributed by atoms with Gasteiger partial charge in [0.15, 0.2) is 0 Å². The quantitative estimate of drug-likeness (QED) is 0.763. The second kappa shape index (κ2) is 3.79. The zero-order valence-corrected chi connectivity index (χ0v) is 7.92. The van der Waals surface area contributed by atoms with E-state index in [1.807, 2.05) is 6.92 Å². The lowest BCUT2D eigenvalue weighted by Gasteiger charge is -2.10. The SMILES string of the molecule is CCOC[C@@H]1Cc2ccccc2N1. The highest BCUT2D eigenvalue weighted by Crippen LogP contribution is 2.24. The molecular formula is C11H15NO. The van der Waals surface area contributed by atoms with Crippen molar-refractivity contribution in [3.05, 3.63) is 29.8 Å². The molecule has 2 rings (SSSR count). The van der Waals surface area contributed by atoms with Gasteiger partial charge in [-0.1, -0.05) is 18.2 Å². The second-order valence-corrected chi connectivity index (χ2v) is 3.36. The number of ether oxygens (including phenoxy) is 1. The zero-order chi connectivity index (χ0) is 9.10. The fraction of sp³-hybridized carbons (Fsp3) is 0.455. The summed E-state index contributed by atoms with van der Waals surface area (Å²) in [5, 5.41) is 3.44. The Morgan fingerprint density at radius 1 is 1.46 bits per heavy atom. The third-order valence-corrected chi connectivity index (χ3v) is 2.37. The van der Waals surface area contributed by atoms with Gasteiger partial charge in [-0.25, -0.2) is 0 Å². The molecule has 2 nitrogen and oxygen atoms in total. The first-order valence-electron chi connectivity index (χ1n) is 4.82. The van der Waals surface area contributed by atoms with E-state index >= 15 is 0 Å². The van der Waals surface area contributed by atoms with Gasteiger partial charge in [0.2, 0.25) is 0 Å². The molecule has 13 heavy (non-hydrogen) atoms. The van der Waals surface area contributed by atoms with Crippen LogP contribution in [0.25, 0.3) is 0 Å². The Morgan fingerprint density at radius 2 is 2.31 bits per heavy atom. The Balaban J connectivity index is 1.97. The minimum atomic E-state index is 0.470. The molecule has 1 atom stereocenters. The van der Waals surface area contributed by atoms with Crippen LogP contribution in [0.4, 0.5) is 5.69 Å². The van der Waals surface area contributed by atoms with Crippen molar-refractivity contribution in [2.45, 2.75) is 19.4 Å². The molecule has 0 aliphatic carbocycles. The highest BCUT2D eigenvalue weighted by Gasteiger charge is 2.19. The van der Waals surface area contributed by atoms with Crippen LogP contribution in [-0.4, -0.2) is 19.3 Å². The molecule has 0 radical (unpaired) electrons. The first-order valence-corrected chi connectivity index (χ1v) is 4.82. The molecule has 0 fully saturated rings. The molecule has 1 aromatic carbocycles. The Labute approximate surface area is 78.9 Å². The average molecular weight is 177 g/mol. The summed E-state index contributed by atoms with van der Waals surface area (Å²) < 4.78 is 5.39. The number of hydrogen-bond acceptors (Lipinski definition) is 2. The first-order chi connectivity index (χ1) is 6.40. The minimum absolute atomic E-state index is 0.470. The Hall–Kier alpha value is -1.02. The molecule has 0 unspecified atom stereocenters. The molecule has 0 amide bonds. The van der Waals surface area contributed by atoms with E-state index in [1.165, 1.54) is 11.3 Å². The first kappa shape index (κ1) is 8.57. The van der Waals surface area contributed by atoms with Crippen LogP contribution in [0.1, 0.15) is 12.5 Å². The van der Waals surface area contributed by atoms with Crippen molar-refractivity contribution >= 4 is 5.69 Å². The van der Waals surface area contributed by atoms with Crippen molar-refractivity contribution in [3.8, 4) is 0 Å². The maximum atomic E-state index is 5.39. The lowest BCUT2D eigenvalue weighted by Crippen LogP contribution is -2.22. The molecule has 0 aromatic heterocycles. The van der Waals surface area contributed by atoms with Crippen LogP contribution >= 0.6 is 0 Å². The molecule has 0 bridgehead atoms. The Morgan fingerprint density at radius 3 is 3.08 bits per heavy atom. The van der Waals surface area contributed by atoms with Crippen LogP contribution in [0.2, 0.25) is 0 Å². The summed E-state index contributed by atoms with van der Waals surface area (Å²) in [4.78, 5) is 0. The summed E-state index contributed by atoms with van der Waals surface area (Å²) in [6.45, 7) is 3.64. The molecule has 0 saturated heterocycles. The maximum absolute atomic E-state index is 5.39. The smallest absolute Gasteiger partial charge is 0.0670 e.